The van der Waals surface area contributed by atoms with Gasteiger partial charge in [-0.25, -0.2) is 19.7 Å². The molecule has 6 rings (SSSR count). The summed E-state index contributed by atoms with van der Waals surface area (Å²) in [6.07, 6.45) is 6.34. The molecule has 1 saturated heterocycles. The zero-order valence-electron chi connectivity index (χ0n) is 27.6. The third-order valence-electron chi connectivity index (χ3n) is 8.22. The van der Waals surface area contributed by atoms with E-state index in [0.717, 1.165) is 17.0 Å². The normalized spacial score (nSPS) is 13.6. The van der Waals surface area contributed by atoms with Crippen LogP contribution in [-0.4, -0.2) is 98.6 Å². The first-order valence-electron chi connectivity index (χ1n) is 16.1. The van der Waals surface area contributed by atoms with Gasteiger partial charge in [0.05, 0.1) is 18.2 Å². The maximum absolute atomic E-state index is 12.8. The van der Waals surface area contributed by atoms with Crippen molar-refractivity contribution in [1.29, 1.82) is 5.26 Å². The van der Waals surface area contributed by atoms with Crippen LogP contribution in [0.5, 0.6) is 5.88 Å². The molecule has 0 radical (unpaired) electrons. The van der Waals surface area contributed by atoms with Gasteiger partial charge in [0, 0.05) is 76.7 Å². The van der Waals surface area contributed by atoms with Crippen LogP contribution in [0.2, 0.25) is 0 Å². The predicted molar refractivity (Wildman–Crippen MR) is 185 cm³/mol. The molecule has 4 heterocycles. The topological polar surface area (TPSA) is 223 Å². The second-order valence-corrected chi connectivity index (χ2v) is 11.8. The molecule has 0 spiro atoms. The van der Waals surface area contributed by atoms with E-state index in [2.05, 4.69) is 56.8 Å². The molecule has 1 atom stereocenters. The molecule has 51 heavy (non-hydrogen) atoms. The van der Waals surface area contributed by atoms with E-state index in [1.807, 2.05) is 42.1 Å². The Labute approximate surface area is 292 Å². The maximum Gasteiger partial charge on any atom is 0.326 e. The fourth-order valence-corrected chi connectivity index (χ4v) is 5.48. The Morgan fingerprint density at radius 1 is 0.922 bits per heavy atom. The Morgan fingerprint density at radius 2 is 1.67 bits per heavy atom. The zero-order valence-corrected chi connectivity index (χ0v) is 27.6. The Hall–Kier alpha value is -6.67. The number of aromatic nitrogens is 7. The lowest BCUT2D eigenvalue weighted by Gasteiger charge is -2.34. The molecule has 1 amide bonds. The van der Waals surface area contributed by atoms with Crippen molar-refractivity contribution in [2.45, 2.75) is 25.6 Å². The van der Waals surface area contributed by atoms with Crippen LogP contribution in [0.4, 0.5) is 23.5 Å². The van der Waals surface area contributed by atoms with Crippen molar-refractivity contribution in [2.24, 2.45) is 7.05 Å². The van der Waals surface area contributed by atoms with Crippen LogP contribution < -0.4 is 16.0 Å². The molecular weight excluding hydrogens is 654 g/mol. The molecule has 1 aliphatic heterocycles. The highest BCUT2D eigenvalue weighted by Gasteiger charge is 2.26. The van der Waals surface area contributed by atoms with Crippen LogP contribution in [0.25, 0.3) is 0 Å². The first kappa shape index (κ1) is 34.2. The number of aliphatic carboxylic acids is 1. The van der Waals surface area contributed by atoms with E-state index < -0.39 is 12.0 Å². The summed E-state index contributed by atoms with van der Waals surface area (Å²) in [7, 11) is 1.87. The second-order valence-electron chi connectivity index (χ2n) is 11.8. The van der Waals surface area contributed by atoms with Gasteiger partial charge < -0.3 is 35.6 Å². The van der Waals surface area contributed by atoms with E-state index >= 15 is 0 Å². The minimum absolute atomic E-state index is 0.0502. The zero-order chi connectivity index (χ0) is 35.7. The van der Waals surface area contributed by atoms with Crippen LogP contribution in [0, 0.1) is 11.3 Å². The van der Waals surface area contributed by atoms with Crippen molar-refractivity contribution in [3.8, 4) is 11.9 Å². The highest BCUT2D eigenvalue weighted by molar-refractivity contribution is 5.94. The Bertz CT molecular complexity index is 2040. The Morgan fingerprint density at radius 3 is 2.37 bits per heavy atom. The molecule has 1 unspecified atom stereocenters. The number of hydrogen-bond donors (Lipinski definition) is 5. The largest absolute Gasteiger partial charge is 0.492 e. The Balaban J connectivity index is 1.15. The number of piperazine rings is 1. The molecule has 5 aromatic rings. The molecule has 0 bridgehead atoms. The van der Waals surface area contributed by atoms with E-state index in [9.17, 15) is 19.8 Å². The number of nitriles is 1. The van der Waals surface area contributed by atoms with Crippen molar-refractivity contribution in [2.75, 3.05) is 42.1 Å². The second kappa shape index (κ2) is 15.7. The average Bonchev–Trinajstić information content (AvgIpc) is 3.55. The molecular formula is C34H35N13O4. The number of nitrogens with one attached hydrogen (secondary N) is 3. The van der Waals surface area contributed by atoms with Gasteiger partial charge in [-0.15, -0.1) is 0 Å². The molecule has 2 aromatic carbocycles. The lowest BCUT2D eigenvalue weighted by Crippen LogP contribution is -2.48. The molecule has 1 aliphatic rings. The number of benzene rings is 2. The molecule has 0 aliphatic carbocycles. The highest BCUT2D eigenvalue weighted by atomic mass is 16.4. The number of imidazole rings is 1. The van der Waals surface area contributed by atoms with Gasteiger partial charge in [0.2, 0.25) is 23.7 Å². The quantitative estimate of drug-likeness (QED) is 0.120. The van der Waals surface area contributed by atoms with Crippen LogP contribution in [0.1, 0.15) is 33.0 Å². The van der Waals surface area contributed by atoms with Gasteiger partial charge >= 0.3 is 5.97 Å². The smallest absolute Gasteiger partial charge is 0.326 e. The summed E-state index contributed by atoms with van der Waals surface area (Å²) in [4.78, 5) is 54.5. The highest BCUT2D eigenvalue weighted by Crippen LogP contribution is 2.21. The minimum Gasteiger partial charge on any atom is -0.492 e. The summed E-state index contributed by atoms with van der Waals surface area (Å²) < 4.78 is 1.86. The lowest BCUT2D eigenvalue weighted by molar-refractivity contribution is -0.137. The number of anilines is 4. The number of carbonyl (C=O) groups excluding carboxylic acids is 1. The van der Waals surface area contributed by atoms with E-state index in [1.165, 1.54) is 12.4 Å². The number of amides is 1. The summed E-state index contributed by atoms with van der Waals surface area (Å²) in [6, 6.07) is 15.5. The molecule has 260 valence electrons. The fourth-order valence-electron chi connectivity index (χ4n) is 5.48. The van der Waals surface area contributed by atoms with Crippen molar-refractivity contribution in [3.05, 3.63) is 102 Å². The number of carboxylic acids is 1. The maximum atomic E-state index is 12.8. The summed E-state index contributed by atoms with van der Waals surface area (Å²) in [5, 5.41) is 38.4. The van der Waals surface area contributed by atoms with Gasteiger partial charge in [-0.1, -0.05) is 24.3 Å². The number of aromatic hydroxyl groups is 1. The van der Waals surface area contributed by atoms with E-state index in [-0.39, 0.29) is 41.7 Å². The van der Waals surface area contributed by atoms with Gasteiger partial charge in [0.1, 0.15) is 11.9 Å². The molecule has 17 nitrogen and oxygen atoms in total. The van der Waals surface area contributed by atoms with Gasteiger partial charge in [0.25, 0.3) is 5.91 Å². The van der Waals surface area contributed by atoms with Gasteiger partial charge in [-0.05, 0) is 35.4 Å². The SMILES string of the molecule is Cn1ccnc1CNc1nc(Nc2cccc(CN3CCN(C(=O)c4nccnc4O)CC3)c2)nc(NC(Cc2ccc(C#N)cc2)C(=O)O)n1. The number of hydrogen-bond acceptors (Lipinski definition) is 14. The fraction of sp³-hybridized carbons (Fsp3) is 0.265. The third kappa shape index (κ3) is 8.87. The minimum atomic E-state index is -1.10. The number of aryl methyl sites for hydroxylation is 1. The number of carbonyl (C=O) groups is 2. The standard InChI is InChI=1S/C34H35N13O4/c1-45-12-11-36-27(45)20-39-32-42-33(44-34(43-32)41-26(31(50)51)18-22-5-7-23(19-35)8-6-22)40-25-4-2-3-24(17-25)21-46-13-15-47(16-14-46)30(49)28-29(48)38-10-9-37-28/h2-12,17,26H,13-16,18,20-21H2,1H3,(H,38,48)(H,50,51)(H3,39,40,41,42,43,44). The number of carboxylic acid groups (broad SMARTS) is 1. The van der Waals surface area contributed by atoms with Crippen molar-refractivity contribution in [1.82, 2.24) is 44.3 Å². The van der Waals surface area contributed by atoms with Crippen LogP contribution in [0.15, 0.2) is 73.3 Å². The summed E-state index contributed by atoms with van der Waals surface area (Å²) in [6.45, 7) is 3.16. The third-order valence-corrected chi connectivity index (χ3v) is 8.22. The van der Waals surface area contributed by atoms with Gasteiger partial charge in [0.15, 0.2) is 5.69 Å². The lowest BCUT2D eigenvalue weighted by atomic mass is 10.0. The van der Waals surface area contributed by atoms with E-state index in [0.29, 0.717) is 50.5 Å². The molecule has 3 aromatic heterocycles. The molecule has 1 fully saturated rings. The molecule has 5 N–H and O–H groups in total. The number of nitrogens with zero attached hydrogens (tertiary/aromatic N) is 10. The van der Waals surface area contributed by atoms with E-state index in [1.54, 1.807) is 35.4 Å². The van der Waals surface area contributed by atoms with Crippen molar-refractivity contribution >= 4 is 35.4 Å². The molecule has 17 heteroatoms. The average molecular weight is 690 g/mol. The van der Waals surface area contributed by atoms with Gasteiger partial charge in [-0.3, -0.25) is 9.69 Å². The number of rotatable bonds is 13. The summed E-state index contributed by atoms with van der Waals surface area (Å²) in [5.74, 6) is -0.636. The van der Waals surface area contributed by atoms with E-state index in [4.69, 9.17) is 5.26 Å². The first-order valence-corrected chi connectivity index (χ1v) is 16.1. The van der Waals surface area contributed by atoms with Crippen LogP contribution in [-0.2, 0) is 31.4 Å². The summed E-state index contributed by atoms with van der Waals surface area (Å²) in [5.41, 5.74) is 2.87. The van der Waals surface area contributed by atoms with Gasteiger partial charge in [-0.2, -0.15) is 20.2 Å². The van der Waals surface area contributed by atoms with Crippen LogP contribution >= 0.6 is 0 Å². The first-order chi connectivity index (χ1) is 24.7. The predicted octanol–water partition coefficient (Wildman–Crippen LogP) is 2.39. The molecule has 0 saturated carbocycles. The Kier molecular flexibility index (Phi) is 10.5. The monoisotopic (exact) mass is 689 g/mol. The summed E-state index contributed by atoms with van der Waals surface area (Å²) >= 11 is 0. The van der Waals surface area contributed by atoms with Crippen LogP contribution in [0.3, 0.4) is 0 Å². The van der Waals surface area contributed by atoms with Crippen molar-refractivity contribution in [3.63, 3.8) is 0 Å². The van der Waals surface area contributed by atoms with Crippen molar-refractivity contribution < 1.29 is 19.8 Å².